The number of allylic oxidation sites excluding steroid dienone is 2. The monoisotopic (exact) mass is 890 g/mol. The maximum Gasteiger partial charge on any atom is 0.162 e. The van der Waals surface area contributed by atoms with Crippen LogP contribution in [0.5, 0.6) is 0 Å². The molecule has 4 nitrogen and oxygen atoms in total. The molecule has 0 spiro atoms. The maximum absolute atomic E-state index is 11.7. The molecule has 47 heavy (non-hydrogen) atoms. The molecule has 0 bridgehead atoms. The number of hydrogen-bond acceptors (Lipinski definition) is 5. The number of hydrogen-bond donors (Lipinski definition) is 1. The van der Waals surface area contributed by atoms with E-state index in [-0.39, 0.29) is 48.9 Å². The predicted molar refractivity (Wildman–Crippen MR) is 202 cm³/mol. The molecule has 3 aromatic carbocycles. The molecule has 2 aromatic heterocycles. The molecule has 1 radical (unpaired) electrons. The summed E-state index contributed by atoms with van der Waals surface area (Å²) in [7, 11) is 0. The second-order valence-electron chi connectivity index (χ2n) is 14.3. The Kier molecular flexibility index (Phi) is 13.6. The summed E-state index contributed by atoms with van der Waals surface area (Å²) < 4.78 is 4.11. The Bertz CT molecular complexity index is 1860. The smallest absolute Gasteiger partial charge is 0.162 e. The van der Waals surface area contributed by atoms with E-state index < -0.39 is 13.3 Å². The summed E-state index contributed by atoms with van der Waals surface area (Å²) in [4.78, 5) is 21.2. The molecule has 0 aliphatic carbocycles. The number of aliphatic hydroxyl groups excluding tert-OH is 1. The zero-order valence-electron chi connectivity index (χ0n) is 29.7. The zero-order chi connectivity index (χ0) is 33.8. The van der Waals surface area contributed by atoms with Gasteiger partial charge < -0.3 is 5.11 Å². The van der Waals surface area contributed by atoms with Crippen LogP contribution in [0.2, 0.25) is 17.3 Å². The van der Waals surface area contributed by atoms with Crippen LogP contribution in [-0.2, 0) is 30.3 Å². The van der Waals surface area contributed by atoms with Crippen molar-refractivity contribution in [3.8, 4) is 11.3 Å². The first-order valence-corrected chi connectivity index (χ1v) is 25.0. The van der Waals surface area contributed by atoms with Gasteiger partial charge in [-0.25, -0.2) is 0 Å². The molecule has 0 saturated heterocycles. The largest absolute Gasteiger partial charge is 0.512 e. The molecule has 0 atom stereocenters. The predicted octanol–water partition coefficient (Wildman–Crippen LogP) is 11.2. The molecule has 0 aliphatic heterocycles. The molecule has 7 heteroatoms. The minimum Gasteiger partial charge on any atom is -0.512 e. The topological polar surface area (TPSA) is 63.1 Å². The average molecular weight is 889 g/mol. The van der Waals surface area contributed by atoms with Crippen LogP contribution in [-0.4, -0.2) is 34.1 Å². The minimum absolute atomic E-state index is 0. The van der Waals surface area contributed by atoms with Crippen LogP contribution in [0, 0.1) is 17.9 Å². The Morgan fingerprint density at radius 2 is 1.51 bits per heavy atom. The summed E-state index contributed by atoms with van der Waals surface area (Å²) >= 11 is -0.156. The van der Waals surface area contributed by atoms with Gasteiger partial charge in [-0.1, -0.05) is 27.7 Å². The minimum atomic E-state index is -2.01. The number of rotatable bonds is 9. The molecule has 0 amide bonds. The van der Waals surface area contributed by atoms with Gasteiger partial charge in [-0.05, 0) is 25.7 Å². The summed E-state index contributed by atoms with van der Waals surface area (Å²) in [6.45, 7) is 14.9. The van der Waals surface area contributed by atoms with Crippen molar-refractivity contribution in [1.29, 1.82) is 0 Å². The van der Waals surface area contributed by atoms with Gasteiger partial charge in [0.05, 0.1) is 5.76 Å². The molecule has 0 fully saturated rings. The SMILES string of the molecule is CC(C)(C)c1cc(-c2ncnc3c2sc2[c]([Ge]([CH3])([CH3])[CH3])cccc23)[c-]c2ccccc12.CCC(CC)C(=O)/C=C(\O)C(CC)CC.[Ir]. The fourth-order valence-electron chi connectivity index (χ4n) is 6.14. The van der Waals surface area contributed by atoms with E-state index in [9.17, 15) is 9.90 Å². The van der Waals surface area contributed by atoms with Crippen LogP contribution in [0.15, 0.2) is 66.7 Å². The molecule has 5 aromatic rings. The zero-order valence-corrected chi connectivity index (χ0v) is 35.1. The number of ketones is 1. The maximum atomic E-state index is 11.7. The van der Waals surface area contributed by atoms with Crippen molar-refractivity contribution in [3.05, 3.63) is 78.3 Å². The van der Waals surface area contributed by atoms with E-state index in [0.29, 0.717) is 0 Å². The van der Waals surface area contributed by atoms with Crippen molar-refractivity contribution in [3.63, 3.8) is 0 Å². The standard InChI is InChI=1S/C27H27GeN2S.C13H24O2.Ir/c1-27(2,3)21-15-18(14-17-10-7-8-11-19(17)21)23-26-24(30-16-29-23)20-12-9-13-22(25(20)31-26)28(4,5)6;1-5-10(6-2)12(14)9-13(15)11(7-3)8-4;/h7-13,15-16H,1-6H3;9-11,14H,5-8H2,1-4H3;/q-1;;/b;12-9-;. The van der Waals surface area contributed by atoms with E-state index in [4.69, 9.17) is 9.97 Å². The Hall–Kier alpha value is -2.38. The first kappa shape index (κ1) is 39.1. The van der Waals surface area contributed by atoms with Crippen LogP contribution in [0.25, 0.3) is 42.3 Å². The van der Waals surface area contributed by atoms with E-state index in [1.807, 2.05) is 39.0 Å². The number of carbonyl (C=O) groups is 1. The third kappa shape index (κ3) is 8.81. The molecule has 253 valence electrons. The molecular formula is C40H51GeIrN2O2S-. The fraction of sp³-hybridized carbons (Fsp3) is 0.425. The summed E-state index contributed by atoms with van der Waals surface area (Å²) in [5, 5.41) is 13.4. The van der Waals surface area contributed by atoms with Crippen molar-refractivity contribution in [2.24, 2.45) is 11.8 Å². The second kappa shape index (κ2) is 16.3. The van der Waals surface area contributed by atoms with E-state index in [0.717, 1.165) is 47.8 Å². The van der Waals surface area contributed by atoms with E-state index in [2.05, 4.69) is 92.6 Å². The van der Waals surface area contributed by atoms with Crippen LogP contribution < -0.4 is 4.40 Å². The van der Waals surface area contributed by atoms with E-state index in [1.165, 1.54) is 31.8 Å². The molecule has 2 heterocycles. The Morgan fingerprint density at radius 1 is 0.894 bits per heavy atom. The van der Waals surface area contributed by atoms with Crippen LogP contribution in [0.4, 0.5) is 0 Å². The van der Waals surface area contributed by atoms with Crippen molar-refractivity contribution in [2.45, 2.75) is 96.8 Å². The molecule has 0 saturated carbocycles. The summed E-state index contributed by atoms with van der Waals surface area (Å²) in [6.07, 6.45) is 6.62. The Balaban J connectivity index is 0.000000322. The fourth-order valence-corrected chi connectivity index (χ4v) is 12.2. The number of aromatic nitrogens is 2. The van der Waals surface area contributed by atoms with Crippen molar-refractivity contribution in [1.82, 2.24) is 9.97 Å². The van der Waals surface area contributed by atoms with Crippen LogP contribution in [0.3, 0.4) is 0 Å². The van der Waals surface area contributed by atoms with Gasteiger partial charge in [0.25, 0.3) is 0 Å². The van der Waals surface area contributed by atoms with E-state index >= 15 is 0 Å². The molecular weight excluding hydrogens is 837 g/mol. The average Bonchev–Trinajstić information content (AvgIpc) is 3.40. The quantitative estimate of drug-likeness (QED) is 0.0693. The van der Waals surface area contributed by atoms with Gasteiger partial charge >= 0.3 is 191 Å². The van der Waals surface area contributed by atoms with Gasteiger partial charge in [0.1, 0.15) is 0 Å². The third-order valence-corrected chi connectivity index (χ3v) is 14.9. The summed E-state index contributed by atoms with van der Waals surface area (Å²) in [5.41, 5.74) is 4.48. The van der Waals surface area contributed by atoms with Crippen molar-refractivity contribution in [2.75, 3.05) is 0 Å². The first-order valence-electron chi connectivity index (χ1n) is 16.8. The molecule has 1 N–H and O–H groups in total. The Labute approximate surface area is 302 Å². The number of benzene rings is 3. The third-order valence-electron chi connectivity index (χ3n) is 9.01. The number of nitrogens with zero attached hydrogens (tertiary/aromatic N) is 2. The van der Waals surface area contributed by atoms with Gasteiger partial charge in [0, 0.05) is 38.0 Å². The van der Waals surface area contributed by atoms with Crippen molar-refractivity contribution >= 4 is 65.9 Å². The normalized spacial score (nSPS) is 12.5. The second-order valence-corrected chi connectivity index (χ2v) is 25.9. The summed E-state index contributed by atoms with van der Waals surface area (Å²) in [5.74, 6) is 7.92. The number of thiophene rings is 1. The van der Waals surface area contributed by atoms with Gasteiger partial charge in [-0.2, -0.15) is 0 Å². The molecule has 0 aliphatic rings. The first-order chi connectivity index (χ1) is 21.7. The van der Waals surface area contributed by atoms with Gasteiger partial charge in [-0.15, -0.1) is 0 Å². The Morgan fingerprint density at radius 3 is 2.11 bits per heavy atom. The summed E-state index contributed by atoms with van der Waals surface area (Å²) in [6, 6.07) is 21.2. The molecule has 0 unspecified atom stereocenters. The van der Waals surface area contributed by atoms with Gasteiger partial charge in [0.15, 0.2) is 5.78 Å². The number of aliphatic hydroxyl groups is 1. The number of fused-ring (bicyclic) bond motifs is 4. The molecule has 5 rings (SSSR count). The van der Waals surface area contributed by atoms with Gasteiger partial charge in [-0.3, -0.25) is 4.79 Å². The van der Waals surface area contributed by atoms with Crippen molar-refractivity contribution < 1.29 is 30.0 Å². The van der Waals surface area contributed by atoms with Crippen LogP contribution >= 0.6 is 11.3 Å². The number of carbonyl (C=O) groups excluding carboxylic acids is 1. The van der Waals surface area contributed by atoms with Gasteiger partial charge in [0.2, 0.25) is 0 Å². The van der Waals surface area contributed by atoms with E-state index in [1.54, 1.807) is 10.7 Å². The van der Waals surface area contributed by atoms with Crippen LogP contribution in [0.1, 0.15) is 79.7 Å².